The molecule has 0 saturated carbocycles. The molecule has 0 aliphatic heterocycles. The first-order valence-corrected chi connectivity index (χ1v) is 4.27. The van der Waals surface area contributed by atoms with E-state index in [9.17, 15) is 0 Å². The summed E-state index contributed by atoms with van der Waals surface area (Å²) < 4.78 is 0. The molecule has 1 rings (SSSR count). The second-order valence-corrected chi connectivity index (χ2v) is 2.88. The zero-order valence-electron chi connectivity index (χ0n) is 7.77. The van der Waals surface area contributed by atoms with Crippen LogP contribution in [-0.2, 0) is 6.42 Å². The standard InChI is InChI=1S/C11H14N2/c1-10(8-12)4-2-5-11-6-3-7-13-9-11/h2-4,6-9H,5,12H2,1H3/b4-2-,10-8-. The molecule has 0 aromatic carbocycles. The Morgan fingerprint density at radius 3 is 3.08 bits per heavy atom. The van der Waals surface area contributed by atoms with Gasteiger partial charge in [-0.15, -0.1) is 0 Å². The number of pyridine rings is 1. The van der Waals surface area contributed by atoms with Crippen molar-refractivity contribution in [2.45, 2.75) is 13.3 Å². The molecule has 0 fully saturated rings. The van der Waals surface area contributed by atoms with Crippen molar-refractivity contribution in [3.63, 3.8) is 0 Å². The number of hydrogen-bond donors (Lipinski definition) is 1. The van der Waals surface area contributed by atoms with Crippen LogP contribution in [0.3, 0.4) is 0 Å². The number of aromatic nitrogens is 1. The molecule has 0 unspecified atom stereocenters. The van der Waals surface area contributed by atoms with Crippen molar-refractivity contribution in [1.82, 2.24) is 4.98 Å². The van der Waals surface area contributed by atoms with Crippen LogP contribution in [0.15, 0.2) is 48.5 Å². The molecule has 2 N–H and O–H groups in total. The summed E-state index contributed by atoms with van der Waals surface area (Å²) in [7, 11) is 0. The Balaban J connectivity index is 2.48. The van der Waals surface area contributed by atoms with E-state index in [0.29, 0.717) is 0 Å². The second kappa shape index (κ2) is 5.14. The lowest BCUT2D eigenvalue weighted by Crippen LogP contribution is -1.83. The van der Waals surface area contributed by atoms with Crippen LogP contribution in [0.25, 0.3) is 0 Å². The molecule has 1 aromatic rings. The van der Waals surface area contributed by atoms with Crippen LogP contribution < -0.4 is 5.73 Å². The van der Waals surface area contributed by atoms with Crippen molar-refractivity contribution < 1.29 is 0 Å². The SMILES string of the molecule is CC(/C=C\Cc1cccnc1)=C/N. The summed E-state index contributed by atoms with van der Waals surface area (Å²) in [4.78, 5) is 4.03. The average molecular weight is 174 g/mol. The maximum atomic E-state index is 5.33. The minimum absolute atomic E-state index is 0.902. The lowest BCUT2D eigenvalue weighted by molar-refractivity contribution is 1.19. The van der Waals surface area contributed by atoms with Gasteiger partial charge < -0.3 is 5.73 Å². The van der Waals surface area contributed by atoms with Crippen molar-refractivity contribution in [2.24, 2.45) is 5.73 Å². The number of allylic oxidation sites excluding steroid dienone is 3. The van der Waals surface area contributed by atoms with Crippen molar-refractivity contribution >= 4 is 0 Å². The summed E-state index contributed by atoms with van der Waals surface area (Å²) in [5.41, 5.74) is 7.61. The van der Waals surface area contributed by atoms with Gasteiger partial charge in [0.15, 0.2) is 0 Å². The van der Waals surface area contributed by atoms with Gasteiger partial charge in [0.1, 0.15) is 0 Å². The molecule has 1 heterocycles. The highest BCUT2D eigenvalue weighted by molar-refractivity contribution is 5.18. The topological polar surface area (TPSA) is 38.9 Å². The van der Waals surface area contributed by atoms with E-state index in [1.807, 2.05) is 25.3 Å². The van der Waals surface area contributed by atoms with Gasteiger partial charge in [0.05, 0.1) is 0 Å². The fourth-order valence-corrected chi connectivity index (χ4v) is 0.955. The van der Waals surface area contributed by atoms with Crippen LogP contribution in [0.5, 0.6) is 0 Å². The van der Waals surface area contributed by atoms with Gasteiger partial charge in [-0.2, -0.15) is 0 Å². The smallest absolute Gasteiger partial charge is 0.0303 e. The Morgan fingerprint density at radius 1 is 1.62 bits per heavy atom. The van der Waals surface area contributed by atoms with Crippen molar-refractivity contribution in [2.75, 3.05) is 0 Å². The molecule has 13 heavy (non-hydrogen) atoms. The zero-order valence-corrected chi connectivity index (χ0v) is 7.77. The molecule has 2 heteroatoms. The number of nitrogens with zero attached hydrogens (tertiary/aromatic N) is 1. The summed E-state index contributed by atoms with van der Waals surface area (Å²) in [6.45, 7) is 1.97. The molecule has 68 valence electrons. The van der Waals surface area contributed by atoms with Crippen LogP contribution >= 0.6 is 0 Å². The van der Waals surface area contributed by atoms with Gasteiger partial charge >= 0.3 is 0 Å². The third-order valence-corrected chi connectivity index (χ3v) is 1.72. The predicted octanol–water partition coefficient (Wildman–Crippen LogP) is 2.04. The first-order valence-electron chi connectivity index (χ1n) is 4.27. The number of rotatable bonds is 3. The Bertz CT molecular complexity index is 299. The fraction of sp³-hybridized carbons (Fsp3) is 0.182. The Morgan fingerprint density at radius 2 is 2.46 bits per heavy atom. The molecule has 0 spiro atoms. The molecule has 0 amide bonds. The number of nitrogens with two attached hydrogens (primary N) is 1. The van der Waals surface area contributed by atoms with E-state index in [-0.39, 0.29) is 0 Å². The normalized spacial score (nSPS) is 12.2. The van der Waals surface area contributed by atoms with E-state index >= 15 is 0 Å². The number of hydrogen-bond acceptors (Lipinski definition) is 2. The minimum Gasteiger partial charge on any atom is -0.404 e. The average Bonchev–Trinajstić information content (AvgIpc) is 2.19. The minimum atomic E-state index is 0.902. The lowest BCUT2D eigenvalue weighted by atomic mass is 10.2. The van der Waals surface area contributed by atoms with Crippen molar-refractivity contribution in [3.05, 3.63) is 54.0 Å². The Kier molecular flexibility index (Phi) is 3.76. The van der Waals surface area contributed by atoms with Crippen molar-refractivity contribution in [1.29, 1.82) is 0 Å². The van der Waals surface area contributed by atoms with E-state index in [2.05, 4.69) is 17.1 Å². The molecule has 2 nitrogen and oxygen atoms in total. The van der Waals surface area contributed by atoms with Gasteiger partial charge in [0.25, 0.3) is 0 Å². The monoisotopic (exact) mass is 174 g/mol. The van der Waals surface area contributed by atoms with E-state index in [1.54, 1.807) is 12.4 Å². The third-order valence-electron chi connectivity index (χ3n) is 1.72. The largest absolute Gasteiger partial charge is 0.404 e. The molecular formula is C11H14N2. The Labute approximate surface area is 78.8 Å². The maximum Gasteiger partial charge on any atom is 0.0303 e. The van der Waals surface area contributed by atoms with Gasteiger partial charge in [0, 0.05) is 12.4 Å². The summed E-state index contributed by atoms with van der Waals surface area (Å²) in [6.07, 6.45) is 10.2. The van der Waals surface area contributed by atoms with Crippen LogP contribution in [0.2, 0.25) is 0 Å². The quantitative estimate of drug-likeness (QED) is 0.712. The Hall–Kier alpha value is -1.57. The van der Waals surface area contributed by atoms with Crippen LogP contribution in [0.1, 0.15) is 12.5 Å². The first kappa shape index (κ1) is 9.52. The molecule has 1 aromatic heterocycles. The van der Waals surface area contributed by atoms with Gasteiger partial charge in [-0.1, -0.05) is 18.2 Å². The fourth-order valence-electron chi connectivity index (χ4n) is 0.955. The first-order chi connectivity index (χ1) is 6.33. The van der Waals surface area contributed by atoms with Gasteiger partial charge in [-0.05, 0) is 36.7 Å². The highest BCUT2D eigenvalue weighted by atomic mass is 14.6. The predicted molar refractivity (Wildman–Crippen MR) is 55.0 cm³/mol. The van der Waals surface area contributed by atoms with Crippen LogP contribution in [0.4, 0.5) is 0 Å². The lowest BCUT2D eigenvalue weighted by Gasteiger charge is -1.93. The van der Waals surface area contributed by atoms with Gasteiger partial charge in [0.2, 0.25) is 0 Å². The molecule has 0 bridgehead atoms. The summed E-state index contributed by atoms with van der Waals surface area (Å²) in [6, 6.07) is 3.99. The van der Waals surface area contributed by atoms with E-state index in [0.717, 1.165) is 12.0 Å². The zero-order chi connectivity index (χ0) is 9.52. The molecule has 0 radical (unpaired) electrons. The molecule has 0 aliphatic rings. The van der Waals surface area contributed by atoms with Crippen molar-refractivity contribution in [3.8, 4) is 0 Å². The maximum absolute atomic E-state index is 5.33. The van der Waals surface area contributed by atoms with E-state index in [1.165, 1.54) is 5.56 Å². The molecule has 0 saturated heterocycles. The highest BCUT2D eigenvalue weighted by Gasteiger charge is 1.86. The van der Waals surface area contributed by atoms with Crippen LogP contribution in [0, 0.1) is 0 Å². The second-order valence-electron chi connectivity index (χ2n) is 2.88. The third kappa shape index (κ3) is 3.56. The van der Waals surface area contributed by atoms with Gasteiger partial charge in [-0.3, -0.25) is 4.98 Å². The molecule has 0 atom stereocenters. The summed E-state index contributed by atoms with van der Waals surface area (Å²) in [5.74, 6) is 0. The molecule has 0 aliphatic carbocycles. The summed E-state index contributed by atoms with van der Waals surface area (Å²) in [5, 5.41) is 0. The van der Waals surface area contributed by atoms with Crippen LogP contribution in [-0.4, -0.2) is 4.98 Å². The summed E-state index contributed by atoms with van der Waals surface area (Å²) >= 11 is 0. The van der Waals surface area contributed by atoms with Gasteiger partial charge in [-0.25, -0.2) is 0 Å². The molecular weight excluding hydrogens is 160 g/mol. The highest BCUT2D eigenvalue weighted by Crippen LogP contribution is 1.99. The van der Waals surface area contributed by atoms with E-state index < -0.39 is 0 Å². The van der Waals surface area contributed by atoms with E-state index in [4.69, 9.17) is 5.73 Å².